The molecule has 2 nitrogen and oxygen atoms in total. The van der Waals surface area contributed by atoms with E-state index in [1.165, 1.54) is 88.3 Å². The highest BCUT2D eigenvalue weighted by molar-refractivity contribution is 7.23. The summed E-state index contributed by atoms with van der Waals surface area (Å²) in [6.45, 7) is 13.3. The zero-order chi connectivity index (χ0) is 31.0. The summed E-state index contributed by atoms with van der Waals surface area (Å²) in [6, 6.07) is 46.7. The van der Waals surface area contributed by atoms with Gasteiger partial charge in [-0.3, -0.25) is 0 Å². The van der Waals surface area contributed by atoms with Gasteiger partial charge in [-0.25, -0.2) is 0 Å². The van der Waals surface area contributed by atoms with E-state index >= 15 is 0 Å². The molecule has 0 N–H and O–H groups in total. The van der Waals surface area contributed by atoms with Crippen molar-refractivity contribution in [3.63, 3.8) is 0 Å². The van der Waals surface area contributed by atoms with Crippen LogP contribution in [0.5, 0.6) is 0 Å². The van der Waals surface area contributed by atoms with E-state index in [-0.39, 0.29) is 0 Å². The molecule has 3 heteroatoms. The Labute approximate surface area is 268 Å². The number of fused-ring (bicyclic) bond motifs is 8. The lowest BCUT2D eigenvalue weighted by Gasteiger charge is -2.50. The summed E-state index contributed by atoms with van der Waals surface area (Å²) in [5.74, 6) is 0. The van der Waals surface area contributed by atoms with Gasteiger partial charge in [0.1, 0.15) is 0 Å². The lowest BCUT2D eigenvalue weighted by molar-refractivity contribution is 1.25. The van der Waals surface area contributed by atoms with Crippen molar-refractivity contribution in [3.05, 3.63) is 155 Å². The Balaban J connectivity index is 1.56. The molecule has 0 amide bonds. The second-order valence-electron chi connectivity index (χ2n) is 13.2. The van der Waals surface area contributed by atoms with E-state index in [2.05, 4.69) is 173 Å². The summed E-state index contributed by atoms with van der Waals surface area (Å²) in [5, 5.41) is 5.85. The number of aryl methyl sites for hydroxylation is 6. The van der Waals surface area contributed by atoms with Gasteiger partial charge < -0.3 is 9.80 Å². The lowest BCUT2D eigenvalue weighted by Crippen LogP contribution is -2.79. The third-order valence-electron chi connectivity index (χ3n) is 9.77. The van der Waals surface area contributed by atoms with Crippen molar-refractivity contribution >= 4 is 62.9 Å². The molecule has 0 aromatic heterocycles. The maximum Gasteiger partial charge on any atom is 0.188 e. The summed E-state index contributed by atoms with van der Waals surface area (Å²) in [4.78, 5) is 5.02. The smallest absolute Gasteiger partial charge is 0.188 e. The molecular formula is C42H38N2Si. The molecule has 0 fully saturated rings. The van der Waals surface area contributed by atoms with Gasteiger partial charge in [0.15, 0.2) is 8.07 Å². The Morgan fingerprint density at radius 3 is 0.822 bits per heavy atom. The van der Waals surface area contributed by atoms with Gasteiger partial charge in [0.25, 0.3) is 0 Å². The molecule has 0 saturated heterocycles. The topological polar surface area (TPSA) is 6.48 Å². The first-order valence-corrected chi connectivity index (χ1v) is 17.9. The second-order valence-corrected chi connectivity index (χ2v) is 16.8. The van der Waals surface area contributed by atoms with Crippen molar-refractivity contribution in [2.45, 2.75) is 41.5 Å². The molecular weight excluding hydrogens is 561 g/mol. The van der Waals surface area contributed by atoms with Crippen LogP contribution in [0.2, 0.25) is 0 Å². The maximum atomic E-state index is 2.51. The van der Waals surface area contributed by atoms with Gasteiger partial charge in [-0.1, -0.05) is 106 Å². The molecule has 220 valence electrons. The maximum absolute atomic E-state index is 2.83. The Kier molecular flexibility index (Phi) is 6.20. The summed E-state index contributed by atoms with van der Waals surface area (Å²) in [7, 11) is -2.83. The molecule has 2 aliphatic rings. The van der Waals surface area contributed by atoms with E-state index in [1.54, 1.807) is 0 Å². The highest BCUT2D eigenvalue weighted by Gasteiger charge is 2.54. The van der Waals surface area contributed by atoms with E-state index in [4.69, 9.17) is 0 Å². The van der Waals surface area contributed by atoms with Crippen LogP contribution in [0.15, 0.2) is 121 Å². The molecule has 6 aromatic carbocycles. The first-order chi connectivity index (χ1) is 21.8. The van der Waals surface area contributed by atoms with E-state index in [0.717, 1.165) is 0 Å². The molecule has 0 saturated carbocycles. The Morgan fingerprint density at radius 2 is 0.556 bits per heavy atom. The van der Waals surface area contributed by atoms with Crippen molar-refractivity contribution in [1.82, 2.24) is 0 Å². The summed E-state index contributed by atoms with van der Waals surface area (Å²) >= 11 is 0. The van der Waals surface area contributed by atoms with Crippen LogP contribution in [-0.2, 0) is 0 Å². The van der Waals surface area contributed by atoms with E-state index in [1.807, 2.05) is 0 Å². The molecule has 0 bridgehead atoms. The van der Waals surface area contributed by atoms with E-state index < -0.39 is 8.07 Å². The Hall–Kier alpha value is -4.86. The number of hydrogen-bond donors (Lipinski definition) is 0. The molecule has 2 heterocycles. The van der Waals surface area contributed by atoms with Gasteiger partial charge in [0, 0.05) is 34.1 Å². The summed E-state index contributed by atoms with van der Waals surface area (Å²) in [6.07, 6.45) is 0. The quantitative estimate of drug-likeness (QED) is 0.184. The van der Waals surface area contributed by atoms with E-state index in [9.17, 15) is 0 Å². The van der Waals surface area contributed by atoms with Gasteiger partial charge in [-0.15, -0.1) is 0 Å². The van der Waals surface area contributed by atoms with Crippen molar-refractivity contribution in [2.24, 2.45) is 0 Å². The van der Waals surface area contributed by atoms with Gasteiger partial charge in [0.2, 0.25) is 0 Å². The second kappa shape index (κ2) is 10.1. The van der Waals surface area contributed by atoms with Crippen molar-refractivity contribution < 1.29 is 0 Å². The number of nitrogens with zero attached hydrogens (tertiary/aromatic N) is 2. The van der Waals surface area contributed by atoms with Crippen LogP contribution < -0.4 is 30.5 Å². The zero-order valence-electron chi connectivity index (χ0n) is 26.9. The van der Waals surface area contributed by atoms with Gasteiger partial charge in [-0.2, -0.15) is 0 Å². The van der Waals surface area contributed by atoms with Crippen LogP contribution >= 0.6 is 0 Å². The highest BCUT2D eigenvalue weighted by atomic mass is 28.3. The first kappa shape index (κ1) is 27.7. The average molecular weight is 599 g/mol. The van der Waals surface area contributed by atoms with Crippen LogP contribution in [0.4, 0.5) is 34.1 Å². The average Bonchev–Trinajstić information content (AvgIpc) is 3.03. The van der Waals surface area contributed by atoms with Crippen LogP contribution in [0, 0.1) is 41.5 Å². The molecule has 1 spiro atoms. The zero-order valence-corrected chi connectivity index (χ0v) is 27.9. The predicted octanol–water partition coefficient (Wildman–Crippen LogP) is 8.48. The number of rotatable bonds is 2. The fraction of sp³-hybridized carbons (Fsp3) is 0.143. The van der Waals surface area contributed by atoms with Crippen molar-refractivity contribution in [1.29, 1.82) is 0 Å². The monoisotopic (exact) mass is 598 g/mol. The Morgan fingerprint density at radius 1 is 0.311 bits per heavy atom. The largest absolute Gasteiger partial charge is 0.311 e. The normalized spacial score (nSPS) is 14.1. The van der Waals surface area contributed by atoms with Gasteiger partial charge in [-0.05, 0) is 111 Å². The van der Waals surface area contributed by atoms with Crippen LogP contribution in [0.3, 0.4) is 0 Å². The van der Waals surface area contributed by atoms with Crippen LogP contribution in [0.25, 0.3) is 0 Å². The van der Waals surface area contributed by atoms with Gasteiger partial charge in [0.05, 0.1) is 0 Å². The third kappa shape index (κ3) is 4.07. The van der Waals surface area contributed by atoms with Crippen molar-refractivity contribution in [3.8, 4) is 0 Å². The predicted molar refractivity (Wildman–Crippen MR) is 195 cm³/mol. The van der Waals surface area contributed by atoms with Crippen LogP contribution in [0.1, 0.15) is 33.4 Å². The molecule has 0 atom stereocenters. The fourth-order valence-corrected chi connectivity index (χ4v) is 13.5. The molecule has 0 radical (unpaired) electrons. The summed E-state index contributed by atoms with van der Waals surface area (Å²) < 4.78 is 0. The first-order valence-electron chi connectivity index (χ1n) is 15.9. The molecule has 2 aliphatic heterocycles. The Bertz CT molecular complexity index is 1860. The molecule has 0 aliphatic carbocycles. The molecule has 8 rings (SSSR count). The lowest BCUT2D eigenvalue weighted by atomic mass is 10.1. The molecule has 0 unspecified atom stereocenters. The van der Waals surface area contributed by atoms with Crippen LogP contribution in [-0.4, -0.2) is 8.07 Å². The minimum atomic E-state index is -2.83. The minimum absolute atomic E-state index is 1.20. The fourth-order valence-electron chi connectivity index (χ4n) is 7.65. The number of hydrogen-bond acceptors (Lipinski definition) is 2. The van der Waals surface area contributed by atoms with Crippen molar-refractivity contribution in [2.75, 3.05) is 9.80 Å². The molecule has 6 aromatic rings. The SMILES string of the molecule is Cc1ccc(N2c3ccc(C)cc3[Si]3(c4cc(C)ccc42)c2cc(C)ccc2N(c2ccc(C)cc2)c2ccc(C)cc23)cc1. The summed E-state index contributed by atoms with van der Waals surface area (Å²) in [5.41, 5.74) is 15.3. The minimum Gasteiger partial charge on any atom is -0.311 e. The van der Waals surface area contributed by atoms with E-state index in [0.29, 0.717) is 0 Å². The number of benzene rings is 6. The number of anilines is 6. The van der Waals surface area contributed by atoms with Gasteiger partial charge >= 0.3 is 0 Å². The molecule has 45 heavy (non-hydrogen) atoms. The third-order valence-corrected chi connectivity index (χ3v) is 14.6. The highest BCUT2D eigenvalue weighted by Crippen LogP contribution is 2.44. The standard InChI is InChI=1S/C42H38N2Si/c1-27-7-15-33(16-8-27)43-35-19-11-29(3)23-39(35)45(40-24-30(4)12-20-36(40)43)41-25-31(5)13-21-37(41)44(34-17-9-28(2)10-18-34)38-22-14-32(6)26-42(38)45/h7-26H,1-6H3.